The lowest BCUT2D eigenvalue weighted by Gasteiger charge is -2.36. The molecule has 1 N–H and O–H groups in total. The number of carbonyl (C=O) groups is 1. The molecule has 1 aromatic heterocycles. The maximum Gasteiger partial charge on any atom is 0.317 e. The van der Waals surface area contributed by atoms with Crippen LogP contribution in [0, 0.1) is 5.82 Å². The highest BCUT2D eigenvalue weighted by Crippen LogP contribution is 2.31. The Bertz CT molecular complexity index is 646. The quantitative estimate of drug-likeness (QED) is 0.941. The Morgan fingerprint density at radius 1 is 1.39 bits per heavy atom. The molecule has 0 spiro atoms. The summed E-state index contributed by atoms with van der Waals surface area (Å²) in [6, 6.07) is 6.35. The van der Waals surface area contributed by atoms with Gasteiger partial charge in [0, 0.05) is 13.1 Å². The molecule has 1 aliphatic heterocycles. The zero-order chi connectivity index (χ0) is 16.1. The fourth-order valence-corrected chi connectivity index (χ4v) is 2.96. The number of benzene rings is 1. The summed E-state index contributed by atoms with van der Waals surface area (Å²) in [5.74, 6) is -0.264. The Morgan fingerprint density at radius 2 is 2.30 bits per heavy atom. The summed E-state index contributed by atoms with van der Waals surface area (Å²) >= 11 is 0. The summed E-state index contributed by atoms with van der Waals surface area (Å²) in [5, 5.41) is 6.91. The predicted molar refractivity (Wildman–Crippen MR) is 83.1 cm³/mol. The number of rotatable bonds is 4. The Labute approximate surface area is 134 Å². The molecular weight excluding hydrogens is 297 g/mol. The molecule has 122 valence electrons. The van der Waals surface area contributed by atoms with Gasteiger partial charge in [0.15, 0.2) is 0 Å². The van der Waals surface area contributed by atoms with Crippen molar-refractivity contribution in [1.82, 2.24) is 25.0 Å². The zero-order valence-corrected chi connectivity index (χ0v) is 12.9. The Kier molecular flexibility index (Phi) is 4.85. The average molecular weight is 317 g/mol. The second-order valence-corrected chi connectivity index (χ2v) is 5.65. The first-order valence-electron chi connectivity index (χ1n) is 7.86. The van der Waals surface area contributed by atoms with Crippen molar-refractivity contribution in [3.8, 4) is 0 Å². The molecule has 2 heterocycles. The van der Waals surface area contributed by atoms with Crippen LogP contribution in [0.1, 0.15) is 30.9 Å². The summed E-state index contributed by atoms with van der Waals surface area (Å²) in [5.41, 5.74) is 0.858. The number of likely N-dealkylation sites (tertiary alicyclic amines) is 1. The minimum atomic E-state index is -0.264. The molecule has 0 saturated carbocycles. The monoisotopic (exact) mass is 317 g/mol. The average Bonchev–Trinajstić information content (AvgIpc) is 3.08. The maximum absolute atomic E-state index is 13.5. The van der Waals surface area contributed by atoms with E-state index < -0.39 is 0 Å². The molecule has 1 saturated heterocycles. The lowest BCUT2D eigenvalue weighted by atomic mass is 9.95. The van der Waals surface area contributed by atoms with Crippen LogP contribution in [0.3, 0.4) is 0 Å². The van der Waals surface area contributed by atoms with Crippen molar-refractivity contribution >= 4 is 6.03 Å². The van der Waals surface area contributed by atoms with Crippen molar-refractivity contribution in [2.24, 2.45) is 0 Å². The van der Waals surface area contributed by atoms with Crippen molar-refractivity contribution in [1.29, 1.82) is 0 Å². The lowest BCUT2D eigenvalue weighted by Crippen LogP contribution is -2.45. The van der Waals surface area contributed by atoms with E-state index in [2.05, 4.69) is 15.4 Å². The summed E-state index contributed by atoms with van der Waals surface area (Å²) in [6.07, 6.45) is 5.96. The molecule has 0 unspecified atom stereocenters. The second-order valence-electron chi connectivity index (χ2n) is 5.65. The fraction of sp³-hybridized carbons (Fsp3) is 0.438. The van der Waals surface area contributed by atoms with Gasteiger partial charge in [0.25, 0.3) is 0 Å². The minimum Gasteiger partial charge on any atom is -0.336 e. The highest BCUT2D eigenvalue weighted by molar-refractivity contribution is 5.74. The van der Waals surface area contributed by atoms with Crippen LogP contribution >= 0.6 is 0 Å². The first kappa shape index (κ1) is 15.5. The van der Waals surface area contributed by atoms with Gasteiger partial charge in [0.1, 0.15) is 18.5 Å². The molecule has 1 aliphatic rings. The third kappa shape index (κ3) is 3.85. The van der Waals surface area contributed by atoms with Crippen LogP contribution in [0.5, 0.6) is 0 Å². The Balaban J connectivity index is 1.62. The van der Waals surface area contributed by atoms with Crippen LogP contribution in [-0.2, 0) is 6.54 Å². The molecule has 1 aromatic carbocycles. The van der Waals surface area contributed by atoms with Gasteiger partial charge in [-0.1, -0.05) is 12.1 Å². The number of nitrogens with zero attached hydrogens (tertiary/aromatic N) is 4. The third-order valence-electron chi connectivity index (χ3n) is 4.08. The van der Waals surface area contributed by atoms with E-state index in [9.17, 15) is 9.18 Å². The molecule has 0 bridgehead atoms. The predicted octanol–water partition coefficient (Wildman–Crippen LogP) is 2.35. The van der Waals surface area contributed by atoms with E-state index in [1.54, 1.807) is 22.0 Å². The largest absolute Gasteiger partial charge is 0.336 e. The molecule has 1 fully saturated rings. The van der Waals surface area contributed by atoms with Gasteiger partial charge in [0.2, 0.25) is 0 Å². The van der Waals surface area contributed by atoms with Crippen molar-refractivity contribution in [3.05, 3.63) is 48.3 Å². The fourth-order valence-electron chi connectivity index (χ4n) is 2.96. The van der Waals surface area contributed by atoms with Crippen LogP contribution in [0.15, 0.2) is 36.9 Å². The molecule has 7 heteroatoms. The van der Waals surface area contributed by atoms with Crippen LogP contribution in [0.4, 0.5) is 9.18 Å². The van der Waals surface area contributed by atoms with Gasteiger partial charge in [-0.2, -0.15) is 5.10 Å². The molecule has 2 aromatic rings. The van der Waals surface area contributed by atoms with E-state index in [0.717, 1.165) is 24.8 Å². The van der Waals surface area contributed by atoms with Crippen LogP contribution in [-0.4, -0.2) is 38.8 Å². The Morgan fingerprint density at radius 3 is 3.09 bits per heavy atom. The van der Waals surface area contributed by atoms with E-state index in [1.165, 1.54) is 18.5 Å². The zero-order valence-electron chi connectivity index (χ0n) is 12.9. The lowest BCUT2D eigenvalue weighted by molar-refractivity contribution is 0.151. The number of halogens is 1. The second kappa shape index (κ2) is 7.21. The first-order chi connectivity index (χ1) is 11.2. The van der Waals surface area contributed by atoms with E-state index in [-0.39, 0.29) is 17.9 Å². The summed E-state index contributed by atoms with van der Waals surface area (Å²) in [7, 11) is 0. The van der Waals surface area contributed by atoms with Crippen LogP contribution in [0.25, 0.3) is 0 Å². The first-order valence-corrected chi connectivity index (χ1v) is 7.86. The number of aromatic nitrogens is 3. The number of nitrogens with one attached hydrogen (secondary N) is 1. The van der Waals surface area contributed by atoms with Crippen molar-refractivity contribution < 1.29 is 9.18 Å². The van der Waals surface area contributed by atoms with Crippen molar-refractivity contribution in [3.63, 3.8) is 0 Å². The number of amides is 2. The van der Waals surface area contributed by atoms with E-state index >= 15 is 0 Å². The highest BCUT2D eigenvalue weighted by atomic mass is 19.1. The van der Waals surface area contributed by atoms with E-state index in [4.69, 9.17) is 0 Å². The van der Waals surface area contributed by atoms with E-state index in [1.807, 2.05) is 6.07 Å². The van der Waals surface area contributed by atoms with Gasteiger partial charge in [-0.3, -0.25) is 4.68 Å². The molecule has 2 amide bonds. The van der Waals surface area contributed by atoms with Gasteiger partial charge >= 0.3 is 6.03 Å². The Hall–Kier alpha value is -2.44. The molecule has 6 nitrogen and oxygen atoms in total. The van der Waals surface area contributed by atoms with Gasteiger partial charge in [0.05, 0.1) is 12.6 Å². The molecular formula is C16H20FN5O. The van der Waals surface area contributed by atoms with Crippen LogP contribution < -0.4 is 5.32 Å². The van der Waals surface area contributed by atoms with Gasteiger partial charge in [-0.15, -0.1) is 0 Å². The normalized spacial score (nSPS) is 18.0. The van der Waals surface area contributed by atoms with Crippen LogP contribution in [0.2, 0.25) is 0 Å². The number of urea groups is 1. The number of piperidine rings is 1. The number of hydrogen-bond donors (Lipinski definition) is 1. The molecule has 0 aliphatic carbocycles. The van der Waals surface area contributed by atoms with Crippen molar-refractivity contribution in [2.75, 3.05) is 13.1 Å². The van der Waals surface area contributed by atoms with Gasteiger partial charge in [-0.05, 0) is 37.0 Å². The molecule has 23 heavy (non-hydrogen) atoms. The SMILES string of the molecule is O=C(NCCn1cncn1)N1CCCC[C@H]1c1cccc(F)c1. The number of carbonyl (C=O) groups excluding carboxylic acids is 1. The van der Waals surface area contributed by atoms with Crippen molar-refractivity contribution in [2.45, 2.75) is 31.8 Å². The maximum atomic E-state index is 13.5. The summed E-state index contributed by atoms with van der Waals surface area (Å²) < 4.78 is 15.1. The van der Waals surface area contributed by atoms with Gasteiger partial charge < -0.3 is 10.2 Å². The minimum absolute atomic E-state index is 0.0641. The smallest absolute Gasteiger partial charge is 0.317 e. The summed E-state index contributed by atoms with van der Waals surface area (Å²) in [6.45, 7) is 1.75. The van der Waals surface area contributed by atoms with Gasteiger partial charge in [-0.25, -0.2) is 14.2 Å². The standard InChI is InChI=1S/C16H20FN5O/c17-14-5-3-4-13(10-14)15-6-1-2-8-22(15)16(23)19-7-9-21-12-18-11-20-21/h3-5,10-12,15H,1-2,6-9H2,(H,19,23)/t15-/m0/s1. The molecule has 1 atom stereocenters. The highest BCUT2D eigenvalue weighted by Gasteiger charge is 2.27. The third-order valence-corrected chi connectivity index (χ3v) is 4.08. The number of hydrogen-bond acceptors (Lipinski definition) is 3. The summed E-state index contributed by atoms with van der Waals surface area (Å²) in [4.78, 5) is 18.1. The molecule has 0 radical (unpaired) electrons. The topological polar surface area (TPSA) is 63.1 Å². The van der Waals surface area contributed by atoms with E-state index in [0.29, 0.717) is 19.6 Å². The molecule has 3 rings (SSSR count).